The van der Waals surface area contributed by atoms with Crippen LogP contribution in [0.15, 0.2) is 33.6 Å². The molecule has 6 heteroatoms. The second-order valence-electron chi connectivity index (χ2n) is 5.09. The molecule has 0 fully saturated rings. The van der Waals surface area contributed by atoms with Crippen LogP contribution >= 0.6 is 39.3 Å². The molecule has 0 amide bonds. The van der Waals surface area contributed by atoms with Crippen molar-refractivity contribution in [2.75, 3.05) is 5.75 Å². The van der Waals surface area contributed by atoms with Gasteiger partial charge >= 0.3 is 0 Å². The van der Waals surface area contributed by atoms with Crippen molar-refractivity contribution in [1.29, 1.82) is 0 Å². The zero-order valence-corrected chi connectivity index (χ0v) is 14.8. The number of hydrogen-bond donors (Lipinski definition) is 0. The minimum absolute atomic E-state index is 0.173. The van der Waals surface area contributed by atoms with Gasteiger partial charge in [-0.15, -0.1) is 11.8 Å². The van der Waals surface area contributed by atoms with Crippen LogP contribution in [0.5, 0.6) is 5.75 Å². The number of para-hydroxylation sites is 1. The van der Waals surface area contributed by atoms with Crippen molar-refractivity contribution in [2.24, 2.45) is 0 Å². The fraction of sp³-hybridized carbons (Fsp3) is 0.333. The number of fused-ring (bicyclic) bond motifs is 1. The summed E-state index contributed by atoms with van der Waals surface area (Å²) in [5.41, 5.74) is 0.914. The quantitative estimate of drug-likeness (QED) is 0.662. The summed E-state index contributed by atoms with van der Waals surface area (Å²) in [6, 6.07) is 8.01. The summed E-state index contributed by atoms with van der Waals surface area (Å²) in [6.07, 6.45) is -0.173. The van der Waals surface area contributed by atoms with E-state index < -0.39 is 0 Å². The normalized spacial score (nSPS) is 17.5. The molecular weight excluding hydrogens is 372 g/mol. The van der Waals surface area contributed by atoms with Gasteiger partial charge in [0.15, 0.2) is 11.9 Å². The predicted octanol–water partition coefficient (Wildman–Crippen LogP) is 5.24. The highest BCUT2D eigenvalue weighted by molar-refractivity contribution is 9.10. The van der Waals surface area contributed by atoms with Gasteiger partial charge in [-0.3, -0.25) is 0 Å². The molecule has 110 valence electrons. The molecule has 1 aliphatic heterocycles. The van der Waals surface area contributed by atoms with Gasteiger partial charge in [-0.25, -0.2) is 9.97 Å². The number of aromatic nitrogens is 2. The molecule has 1 aliphatic rings. The smallest absolute Gasteiger partial charge is 0.172 e. The molecule has 0 aliphatic carbocycles. The van der Waals surface area contributed by atoms with Crippen LogP contribution in [0.25, 0.3) is 0 Å². The Morgan fingerprint density at radius 3 is 2.86 bits per heavy atom. The van der Waals surface area contributed by atoms with Gasteiger partial charge in [0.2, 0.25) is 0 Å². The molecule has 1 atom stereocenters. The third kappa shape index (κ3) is 3.05. The minimum Gasteiger partial charge on any atom is -0.480 e. The second kappa shape index (κ2) is 6.15. The molecule has 2 aromatic rings. The van der Waals surface area contributed by atoms with E-state index in [2.05, 4.69) is 45.8 Å². The molecule has 3 nitrogen and oxygen atoms in total. The van der Waals surface area contributed by atoms with Gasteiger partial charge in [0.25, 0.3) is 0 Å². The summed E-state index contributed by atoms with van der Waals surface area (Å²) >= 11 is 11.4. The Kier molecular flexibility index (Phi) is 4.43. The molecule has 0 bridgehead atoms. The van der Waals surface area contributed by atoms with E-state index in [4.69, 9.17) is 16.3 Å². The monoisotopic (exact) mass is 384 g/mol. The average Bonchev–Trinajstić information content (AvgIpc) is 2.49. The largest absolute Gasteiger partial charge is 0.480 e. The fourth-order valence-electron chi connectivity index (χ4n) is 2.13. The van der Waals surface area contributed by atoms with Gasteiger partial charge in [-0.05, 0) is 34.0 Å². The van der Waals surface area contributed by atoms with Crippen molar-refractivity contribution in [1.82, 2.24) is 9.97 Å². The van der Waals surface area contributed by atoms with E-state index in [-0.39, 0.29) is 12.0 Å². The van der Waals surface area contributed by atoms with Crippen LogP contribution in [0.1, 0.15) is 37.4 Å². The summed E-state index contributed by atoms with van der Waals surface area (Å²) in [6.45, 7) is 4.16. The van der Waals surface area contributed by atoms with Gasteiger partial charge in [0.1, 0.15) is 10.9 Å². The molecule has 0 saturated heterocycles. The maximum atomic E-state index is 6.22. The third-order valence-electron chi connectivity index (χ3n) is 3.20. The highest BCUT2D eigenvalue weighted by Gasteiger charge is 2.26. The lowest BCUT2D eigenvalue weighted by Gasteiger charge is -2.25. The highest BCUT2D eigenvalue weighted by Crippen LogP contribution is 2.40. The zero-order chi connectivity index (χ0) is 15.0. The van der Waals surface area contributed by atoms with Crippen LogP contribution in [0.4, 0.5) is 0 Å². The Balaban J connectivity index is 1.95. The van der Waals surface area contributed by atoms with Gasteiger partial charge in [0.05, 0.1) is 10.2 Å². The number of thioether (sulfide) groups is 1. The van der Waals surface area contributed by atoms with E-state index >= 15 is 0 Å². The molecule has 21 heavy (non-hydrogen) atoms. The van der Waals surface area contributed by atoms with E-state index in [1.165, 1.54) is 0 Å². The lowest BCUT2D eigenvalue weighted by atomic mass is 10.1. The summed E-state index contributed by atoms with van der Waals surface area (Å²) < 4.78 is 6.80. The fourth-order valence-corrected chi connectivity index (χ4v) is 3.93. The molecule has 0 saturated carbocycles. The van der Waals surface area contributed by atoms with Crippen LogP contribution < -0.4 is 4.74 Å². The first-order chi connectivity index (χ1) is 10.1. The number of hydrogen-bond acceptors (Lipinski definition) is 4. The SMILES string of the molecule is CC(C)c1nc(C2CSc3ccccc3O2)nc(Cl)c1Br. The predicted molar refractivity (Wildman–Crippen MR) is 89.4 cm³/mol. The maximum absolute atomic E-state index is 6.22. The topological polar surface area (TPSA) is 35.0 Å². The standard InChI is InChI=1S/C15H14BrClN2OS/c1-8(2)13-12(16)14(17)19-15(18-13)10-7-21-11-6-4-3-5-9(11)20-10/h3-6,8,10H,7H2,1-2H3. The van der Waals surface area contributed by atoms with Crippen molar-refractivity contribution in [2.45, 2.75) is 30.8 Å². The number of benzene rings is 1. The van der Waals surface area contributed by atoms with E-state index in [0.29, 0.717) is 11.0 Å². The average molecular weight is 386 g/mol. The first-order valence-corrected chi connectivity index (χ1v) is 8.83. The molecule has 0 radical (unpaired) electrons. The number of nitrogens with zero attached hydrogens (tertiary/aromatic N) is 2. The Labute approximate surface area is 141 Å². The van der Waals surface area contributed by atoms with Crippen molar-refractivity contribution in [3.63, 3.8) is 0 Å². The van der Waals surface area contributed by atoms with E-state index in [1.54, 1.807) is 11.8 Å². The van der Waals surface area contributed by atoms with Gasteiger partial charge in [-0.2, -0.15) is 0 Å². The highest BCUT2D eigenvalue weighted by atomic mass is 79.9. The van der Waals surface area contributed by atoms with Crippen LogP contribution in [-0.4, -0.2) is 15.7 Å². The number of rotatable bonds is 2. The molecule has 1 aromatic carbocycles. The van der Waals surface area contributed by atoms with Crippen LogP contribution in [0.2, 0.25) is 5.15 Å². The van der Waals surface area contributed by atoms with Crippen molar-refractivity contribution in [3.05, 3.63) is 45.4 Å². The van der Waals surface area contributed by atoms with Gasteiger partial charge < -0.3 is 4.74 Å². The molecule has 3 rings (SSSR count). The molecule has 1 aromatic heterocycles. The summed E-state index contributed by atoms with van der Waals surface area (Å²) in [5, 5.41) is 0.441. The van der Waals surface area contributed by atoms with Gasteiger partial charge in [-0.1, -0.05) is 37.6 Å². The molecular formula is C15H14BrClN2OS. The Bertz CT molecular complexity index is 681. The first-order valence-electron chi connectivity index (χ1n) is 6.67. The van der Waals surface area contributed by atoms with Crippen molar-refractivity contribution >= 4 is 39.3 Å². The van der Waals surface area contributed by atoms with Crippen LogP contribution in [-0.2, 0) is 0 Å². The maximum Gasteiger partial charge on any atom is 0.172 e. The lowest BCUT2D eigenvalue weighted by molar-refractivity contribution is 0.210. The van der Waals surface area contributed by atoms with Crippen molar-refractivity contribution < 1.29 is 4.74 Å². The van der Waals surface area contributed by atoms with Crippen molar-refractivity contribution in [3.8, 4) is 5.75 Å². The molecule has 1 unspecified atom stereocenters. The van der Waals surface area contributed by atoms with Gasteiger partial charge in [0, 0.05) is 10.6 Å². The van der Waals surface area contributed by atoms with Crippen LogP contribution in [0, 0.1) is 0 Å². The van der Waals surface area contributed by atoms with E-state index in [0.717, 1.165) is 26.6 Å². The second-order valence-corrected chi connectivity index (χ2v) is 7.30. The molecule has 0 N–H and O–H groups in total. The van der Waals surface area contributed by atoms with Crippen LogP contribution in [0.3, 0.4) is 0 Å². The number of halogens is 2. The summed E-state index contributed by atoms with van der Waals surface area (Å²) in [4.78, 5) is 10.2. The first kappa shape index (κ1) is 15.1. The molecule has 2 heterocycles. The van der Waals surface area contributed by atoms with E-state index in [9.17, 15) is 0 Å². The lowest BCUT2D eigenvalue weighted by Crippen LogP contribution is -2.19. The third-order valence-corrected chi connectivity index (χ3v) is 5.60. The molecule has 0 spiro atoms. The summed E-state index contributed by atoms with van der Waals surface area (Å²) in [5.74, 6) is 2.58. The number of ether oxygens (including phenoxy) is 1. The van der Waals surface area contributed by atoms with E-state index in [1.807, 2.05) is 18.2 Å². The minimum atomic E-state index is -0.173. The Morgan fingerprint density at radius 1 is 1.33 bits per heavy atom. The Hall–Kier alpha value is -0.780. The summed E-state index contributed by atoms with van der Waals surface area (Å²) in [7, 11) is 0. The Morgan fingerprint density at radius 2 is 2.10 bits per heavy atom. The zero-order valence-electron chi connectivity index (χ0n) is 11.6.